The van der Waals surface area contributed by atoms with Gasteiger partial charge in [0.25, 0.3) is 5.24 Å². The fraction of sp³-hybridized carbons (Fsp3) is 0.429. The second kappa shape index (κ2) is 6.21. The summed E-state index contributed by atoms with van der Waals surface area (Å²) >= 11 is 0.976. The monoisotopic (exact) mass is 358 g/mol. The van der Waals surface area contributed by atoms with E-state index in [2.05, 4.69) is 0 Å². The highest BCUT2D eigenvalue weighted by Crippen LogP contribution is 2.28. The van der Waals surface area contributed by atoms with Gasteiger partial charge in [-0.05, 0) is 31.0 Å². The molecule has 1 aromatic carbocycles. The van der Waals surface area contributed by atoms with E-state index in [1.54, 1.807) is 0 Å². The number of thioether (sulfide) groups is 1. The summed E-state index contributed by atoms with van der Waals surface area (Å²) in [5.74, 6) is -0.668. The lowest BCUT2D eigenvalue weighted by atomic mass is 10.1. The normalized spacial score (nSPS) is 21.2. The zero-order chi connectivity index (χ0) is 16.6. The van der Waals surface area contributed by atoms with Crippen LogP contribution < -0.4 is 0 Å². The van der Waals surface area contributed by atoms with Crippen molar-refractivity contribution in [3.63, 3.8) is 0 Å². The minimum absolute atomic E-state index is 0.0835. The van der Waals surface area contributed by atoms with Crippen LogP contribution in [0.3, 0.4) is 0 Å². The number of amides is 2. The summed E-state index contributed by atoms with van der Waals surface area (Å²) in [6.45, 7) is 0.399. The van der Waals surface area contributed by atoms with Crippen molar-refractivity contribution in [1.29, 1.82) is 0 Å². The van der Waals surface area contributed by atoms with E-state index in [4.69, 9.17) is 0 Å². The van der Waals surface area contributed by atoms with Crippen LogP contribution in [0.25, 0.3) is 0 Å². The van der Waals surface area contributed by atoms with E-state index >= 15 is 0 Å². The Bertz CT molecular complexity index is 729. The molecule has 9 heteroatoms. The maximum Gasteiger partial charge on any atom is 0.289 e. The van der Waals surface area contributed by atoms with Gasteiger partial charge >= 0.3 is 0 Å². The lowest BCUT2D eigenvalue weighted by molar-refractivity contribution is -0.126. The molecule has 3 rings (SSSR count). The van der Waals surface area contributed by atoms with Gasteiger partial charge in [-0.25, -0.2) is 12.8 Å². The number of rotatable bonds is 3. The zero-order valence-electron chi connectivity index (χ0n) is 12.1. The van der Waals surface area contributed by atoms with Crippen molar-refractivity contribution < 1.29 is 22.4 Å². The number of carbonyl (C=O) groups is 2. The molecule has 124 valence electrons. The lowest BCUT2D eigenvalue weighted by Crippen LogP contribution is -2.48. The van der Waals surface area contributed by atoms with Crippen LogP contribution in [0, 0.1) is 5.82 Å². The van der Waals surface area contributed by atoms with Gasteiger partial charge in [0.1, 0.15) is 5.82 Å². The average molecular weight is 358 g/mol. The molecule has 2 fully saturated rings. The molecule has 2 saturated heterocycles. The Kier molecular flexibility index (Phi) is 4.43. The molecule has 0 bridgehead atoms. The number of imide groups is 1. The van der Waals surface area contributed by atoms with E-state index in [9.17, 15) is 22.4 Å². The number of halogens is 1. The van der Waals surface area contributed by atoms with E-state index in [0.29, 0.717) is 12.8 Å². The van der Waals surface area contributed by atoms with Crippen LogP contribution in [-0.4, -0.2) is 53.7 Å². The molecule has 0 aliphatic carbocycles. The molecule has 0 atom stereocenters. The minimum Gasteiger partial charge on any atom is -0.273 e. The SMILES string of the molecule is O=C1CSC(=O)N1C1CCN(S(=O)(=O)c2cccc(F)c2)CC1. The van der Waals surface area contributed by atoms with Crippen molar-refractivity contribution in [3.8, 4) is 0 Å². The average Bonchev–Trinajstić information content (AvgIpc) is 2.86. The van der Waals surface area contributed by atoms with Crippen LogP contribution in [0.15, 0.2) is 29.2 Å². The molecular weight excluding hydrogens is 343 g/mol. The van der Waals surface area contributed by atoms with Crippen molar-refractivity contribution in [3.05, 3.63) is 30.1 Å². The van der Waals surface area contributed by atoms with Gasteiger partial charge in [0.2, 0.25) is 15.9 Å². The molecule has 2 aliphatic rings. The molecule has 23 heavy (non-hydrogen) atoms. The van der Waals surface area contributed by atoms with Crippen molar-refractivity contribution in [2.45, 2.75) is 23.8 Å². The van der Waals surface area contributed by atoms with Crippen molar-refractivity contribution >= 4 is 32.9 Å². The first-order valence-electron chi connectivity index (χ1n) is 7.14. The first-order valence-corrected chi connectivity index (χ1v) is 9.57. The summed E-state index contributed by atoms with van der Waals surface area (Å²) in [7, 11) is -3.76. The number of piperidine rings is 1. The van der Waals surface area contributed by atoms with Crippen molar-refractivity contribution in [2.24, 2.45) is 0 Å². The fourth-order valence-corrected chi connectivity index (χ4v) is 5.11. The number of sulfonamides is 1. The number of benzene rings is 1. The third kappa shape index (κ3) is 3.13. The summed E-state index contributed by atoms with van der Waals surface area (Å²) in [6.07, 6.45) is 0.791. The third-order valence-corrected chi connectivity index (χ3v) is 6.74. The van der Waals surface area contributed by atoms with E-state index in [-0.39, 0.29) is 40.9 Å². The van der Waals surface area contributed by atoms with Crippen LogP contribution in [0.5, 0.6) is 0 Å². The predicted molar refractivity (Wildman–Crippen MR) is 82.9 cm³/mol. The first-order chi connectivity index (χ1) is 10.9. The maximum atomic E-state index is 13.3. The van der Waals surface area contributed by atoms with E-state index in [0.717, 1.165) is 17.8 Å². The van der Waals surface area contributed by atoms with E-state index < -0.39 is 15.8 Å². The van der Waals surface area contributed by atoms with Crippen molar-refractivity contribution in [1.82, 2.24) is 9.21 Å². The predicted octanol–water partition coefficient (Wildman–Crippen LogP) is 1.67. The summed E-state index contributed by atoms with van der Waals surface area (Å²) in [6, 6.07) is 4.63. The summed E-state index contributed by atoms with van der Waals surface area (Å²) in [5.41, 5.74) is 0. The van der Waals surface area contributed by atoms with Crippen LogP contribution >= 0.6 is 11.8 Å². The molecule has 0 spiro atoms. The molecule has 0 radical (unpaired) electrons. The Labute approximate surface area is 137 Å². The van der Waals surface area contributed by atoms with Crippen molar-refractivity contribution in [2.75, 3.05) is 18.8 Å². The van der Waals surface area contributed by atoms with Gasteiger partial charge in [0.05, 0.1) is 10.6 Å². The number of carbonyl (C=O) groups excluding carboxylic acids is 2. The first kappa shape index (κ1) is 16.4. The van der Waals surface area contributed by atoms with Gasteiger partial charge in [-0.1, -0.05) is 17.8 Å². The van der Waals surface area contributed by atoms with Crippen LogP contribution in [0.2, 0.25) is 0 Å². The second-order valence-corrected chi connectivity index (χ2v) is 8.28. The summed E-state index contributed by atoms with van der Waals surface area (Å²) in [5, 5.41) is -0.263. The maximum absolute atomic E-state index is 13.3. The van der Waals surface area contributed by atoms with Gasteiger partial charge in [-0.3, -0.25) is 14.5 Å². The Morgan fingerprint density at radius 2 is 1.87 bits per heavy atom. The molecule has 0 unspecified atom stereocenters. The van der Waals surface area contributed by atoms with E-state index in [1.807, 2.05) is 0 Å². The minimum atomic E-state index is -3.76. The second-order valence-electron chi connectivity index (χ2n) is 5.41. The Hall–Kier alpha value is -1.45. The molecule has 2 amide bonds. The molecule has 2 heterocycles. The Balaban J connectivity index is 1.71. The number of hydrogen-bond donors (Lipinski definition) is 0. The summed E-state index contributed by atoms with van der Waals surface area (Å²) in [4.78, 5) is 24.6. The van der Waals surface area contributed by atoms with E-state index in [1.165, 1.54) is 27.4 Å². The van der Waals surface area contributed by atoms with Gasteiger partial charge < -0.3 is 0 Å². The van der Waals surface area contributed by atoms with Crippen LogP contribution in [0.4, 0.5) is 9.18 Å². The Morgan fingerprint density at radius 3 is 2.43 bits per heavy atom. The molecule has 0 N–H and O–H groups in total. The number of hydrogen-bond acceptors (Lipinski definition) is 5. The highest BCUT2D eigenvalue weighted by Gasteiger charge is 2.39. The van der Waals surface area contributed by atoms with Gasteiger partial charge in [-0.15, -0.1) is 0 Å². The Morgan fingerprint density at radius 1 is 1.17 bits per heavy atom. The molecule has 1 aromatic rings. The molecule has 0 aromatic heterocycles. The van der Waals surface area contributed by atoms with Gasteiger partial charge in [-0.2, -0.15) is 4.31 Å². The van der Waals surface area contributed by atoms with Crippen LogP contribution in [0.1, 0.15) is 12.8 Å². The highest BCUT2D eigenvalue weighted by molar-refractivity contribution is 8.14. The number of nitrogens with zero attached hydrogens (tertiary/aromatic N) is 2. The third-order valence-electron chi connectivity index (χ3n) is 4.01. The molecule has 0 saturated carbocycles. The summed E-state index contributed by atoms with van der Waals surface area (Å²) < 4.78 is 39.5. The smallest absolute Gasteiger partial charge is 0.273 e. The van der Waals surface area contributed by atoms with Gasteiger partial charge in [0, 0.05) is 19.1 Å². The quantitative estimate of drug-likeness (QED) is 0.822. The molecule has 6 nitrogen and oxygen atoms in total. The standard InChI is InChI=1S/C14H15FN2O4S2/c15-10-2-1-3-12(8-10)23(20,21)16-6-4-11(5-7-16)17-13(18)9-22-14(17)19/h1-3,8,11H,4-7,9H2. The highest BCUT2D eigenvalue weighted by atomic mass is 32.2. The lowest BCUT2D eigenvalue weighted by Gasteiger charge is -2.34. The van der Waals surface area contributed by atoms with Gasteiger partial charge in [0.15, 0.2) is 0 Å². The molecular formula is C14H15FN2O4S2. The molecule has 2 aliphatic heterocycles. The largest absolute Gasteiger partial charge is 0.289 e. The topological polar surface area (TPSA) is 74.8 Å². The van der Waals surface area contributed by atoms with Crippen LogP contribution in [-0.2, 0) is 14.8 Å². The fourth-order valence-electron chi connectivity index (χ4n) is 2.83. The zero-order valence-corrected chi connectivity index (χ0v) is 13.8.